The van der Waals surface area contributed by atoms with Crippen molar-refractivity contribution in [1.82, 2.24) is 30.7 Å². The summed E-state index contributed by atoms with van der Waals surface area (Å²) >= 11 is 0. The van der Waals surface area contributed by atoms with Crippen molar-refractivity contribution in [3.63, 3.8) is 0 Å². The van der Waals surface area contributed by atoms with Gasteiger partial charge in [-0.3, -0.25) is 24.6 Å². The van der Waals surface area contributed by atoms with Gasteiger partial charge in [0, 0.05) is 23.5 Å². The first-order chi connectivity index (χ1) is 16.7. The highest BCUT2D eigenvalue weighted by molar-refractivity contribution is 6.08. The van der Waals surface area contributed by atoms with E-state index in [0.29, 0.717) is 16.8 Å². The van der Waals surface area contributed by atoms with Crippen LogP contribution < -0.4 is 16.0 Å². The van der Waals surface area contributed by atoms with Crippen LogP contribution in [0.5, 0.6) is 0 Å². The van der Waals surface area contributed by atoms with Crippen LogP contribution in [0.1, 0.15) is 40.6 Å². The standard InChI is InChI=1S/C23H19F3N6O3/c24-23(25,26)17-8-5-13(11-27-17)15-3-1-2-4-16(15)19(33)28-12-22(20(34)30-21(35)31-22)18-9-10-29-32(18)14-6-7-14/h1-5,8-11,14H,6-7,12H2,(H,28,33)(H2,30,31,34,35)/t22-/m1/s1. The Morgan fingerprint density at radius 1 is 1.14 bits per heavy atom. The average Bonchev–Trinajstić information content (AvgIpc) is 3.48. The highest BCUT2D eigenvalue weighted by atomic mass is 19.4. The van der Waals surface area contributed by atoms with Crippen LogP contribution in [0.2, 0.25) is 0 Å². The summed E-state index contributed by atoms with van der Waals surface area (Å²) in [6.45, 7) is -0.262. The van der Waals surface area contributed by atoms with E-state index in [9.17, 15) is 27.6 Å². The number of benzene rings is 1. The van der Waals surface area contributed by atoms with Crippen molar-refractivity contribution < 1.29 is 27.6 Å². The third kappa shape index (κ3) is 4.11. The molecule has 5 rings (SSSR count). The molecular weight excluding hydrogens is 465 g/mol. The van der Waals surface area contributed by atoms with Crippen LogP contribution in [0.4, 0.5) is 18.0 Å². The SMILES string of the molecule is O=C1NC(=O)[C@@](CNC(=O)c2ccccc2-c2ccc(C(F)(F)F)nc2)(c2ccnn2C2CC2)N1. The third-order valence-corrected chi connectivity index (χ3v) is 5.99. The number of hydrogen-bond acceptors (Lipinski definition) is 5. The number of pyridine rings is 1. The Labute approximate surface area is 196 Å². The van der Waals surface area contributed by atoms with Crippen molar-refractivity contribution in [2.75, 3.05) is 6.54 Å². The lowest BCUT2D eigenvalue weighted by molar-refractivity contribution is -0.141. The summed E-state index contributed by atoms with van der Waals surface area (Å²) in [4.78, 5) is 41.5. The van der Waals surface area contributed by atoms with E-state index in [2.05, 4.69) is 26.0 Å². The van der Waals surface area contributed by atoms with Gasteiger partial charge in [-0.2, -0.15) is 18.3 Å². The smallest absolute Gasteiger partial charge is 0.349 e. The molecule has 0 radical (unpaired) electrons. The van der Waals surface area contributed by atoms with Gasteiger partial charge in [-0.1, -0.05) is 24.3 Å². The molecule has 1 saturated carbocycles. The molecule has 1 saturated heterocycles. The summed E-state index contributed by atoms with van der Waals surface area (Å²) in [5.74, 6) is -1.20. The van der Waals surface area contributed by atoms with Gasteiger partial charge in [0.2, 0.25) is 0 Å². The second-order valence-electron chi connectivity index (χ2n) is 8.36. The van der Waals surface area contributed by atoms with Crippen molar-refractivity contribution in [3.8, 4) is 11.1 Å². The average molecular weight is 484 g/mol. The molecule has 35 heavy (non-hydrogen) atoms. The zero-order valence-electron chi connectivity index (χ0n) is 18.1. The van der Waals surface area contributed by atoms with Crippen LogP contribution in [0.15, 0.2) is 54.9 Å². The highest BCUT2D eigenvalue weighted by Gasteiger charge is 2.51. The van der Waals surface area contributed by atoms with Gasteiger partial charge < -0.3 is 10.6 Å². The Balaban J connectivity index is 1.42. The van der Waals surface area contributed by atoms with Crippen molar-refractivity contribution in [3.05, 3.63) is 71.8 Å². The lowest BCUT2D eigenvalue weighted by Gasteiger charge is -2.27. The molecule has 12 heteroatoms. The number of halogens is 3. The number of alkyl halides is 3. The van der Waals surface area contributed by atoms with Gasteiger partial charge in [-0.25, -0.2) is 4.79 Å². The number of imide groups is 1. The highest BCUT2D eigenvalue weighted by Crippen LogP contribution is 2.38. The molecule has 1 aliphatic carbocycles. The summed E-state index contributed by atoms with van der Waals surface area (Å²) in [6, 6.07) is 9.48. The van der Waals surface area contributed by atoms with Gasteiger partial charge in [0.15, 0.2) is 5.54 Å². The Bertz CT molecular complexity index is 1320. The van der Waals surface area contributed by atoms with E-state index < -0.39 is 35.3 Å². The number of carbonyl (C=O) groups excluding carboxylic acids is 3. The second-order valence-corrected chi connectivity index (χ2v) is 8.36. The molecule has 0 bridgehead atoms. The minimum absolute atomic E-state index is 0.116. The summed E-state index contributed by atoms with van der Waals surface area (Å²) < 4.78 is 40.3. The van der Waals surface area contributed by atoms with Crippen LogP contribution in [-0.4, -0.2) is 39.2 Å². The lowest BCUT2D eigenvalue weighted by Crippen LogP contribution is -2.53. The zero-order valence-corrected chi connectivity index (χ0v) is 18.1. The van der Waals surface area contributed by atoms with E-state index in [-0.39, 0.29) is 18.2 Å². The number of urea groups is 1. The lowest BCUT2D eigenvalue weighted by atomic mass is 9.94. The maximum atomic E-state index is 13.2. The number of nitrogens with zero attached hydrogens (tertiary/aromatic N) is 3. The van der Waals surface area contributed by atoms with Gasteiger partial charge >= 0.3 is 12.2 Å². The second kappa shape index (κ2) is 8.22. The molecule has 0 spiro atoms. The fourth-order valence-corrected chi connectivity index (χ4v) is 4.11. The molecule has 1 aromatic carbocycles. The minimum atomic E-state index is -4.58. The zero-order chi connectivity index (χ0) is 24.8. The summed E-state index contributed by atoms with van der Waals surface area (Å²) in [6.07, 6.45) is -0.220. The summed E-state index contributed by atoms with van der Waals surface area (Å²) in [5.41, 5.74) is -1.30. The monoisotopic (exact) mass is 484 g/mol. The first kappa shape index (κ1) is 22.6. The first-order valence-electron chi connectivity index (χ1n) is 10.8. The number of amides is 4. The molecule has 2 aromatic heterocycles. The number of carbonyl (C=O) groups is 3. The molecule has 3 heterocycles. The molecule has 4 amide bonds. The van der Waals surface area contributed by atoms with E-state index in [1.54, 1.807) is 28.9 Å². The molecule has 1 atom stereocenters. The molecule has 0 unspecified atom stereocenters. The molecule has 9 nitrogen and oxygen atoms in total. The molecule has 3 aromatic rings. The van der Waals surface area contributed by atoms with Crippen LogP contribution >= 0.6 is 0 Å². The van der Waals surface area contributed by atoms with Crippen molar-refractivity contribution in [1.29, 1.82) is 0 Å². The molecule has 3 N–H and O–H groups in total. The van der Waals surface area contributed by atoms with Crippen LogP contribution in [0, 0.1) is 0 Å². The third-order valence-electron chi connectivity index (χ3n) is 5.99. The maximum absolute atomic E-state index is 13.2. The van der Waals surface area contributed by atoms with Crippen LogP contribution in [0.25, 0.3) is 11.1 Å². The van der Waals surface area contributed by atoms with Gasteiger partial charge in [0.25, 0.3) is 11.8 Å². The topological polar surface area (TPSA) is 118 Å². The van der Waals surface area contributed by atoms with Crippen molar-refractivity contribution in [2.24, 2.45) is 0 Å². The summed E-state index contributed by atoms with van der Waals surface area (Å²) in [5, 5.41) is 11.8. The van der Waals surface area contributed by atoms with Gasteiger partial charge in [-0.05, 0) is 36.6 Å². The molecule has 2 aliphatic rings. The minimum Gasteiger partial charge on any atom is -0.349 e. The largest absolute Gasteiger partial charge is 0.433 e. The van der Waals surface area contributed by atoms with Gasteiger partial charge in [-0.15, -0.1) is 0 Å². The van der Waals surface area contributed by atoms with Gasteiger partial charge in [0.05, 0.1) is 18.3 Å². The Hall–Kier alpha value is -4.22. The quantitative estimate of drug-likeness (QED) is 0.465. The van der Waals surface area contributed by atoms with E-state index >= 15 is 0 Å². The Kier molecular flexibility index (Phi) is 5.30. The Morgan fingerprint density at radius 3 is 2.54 bits per heavy atom. The molecule has 1 aliphatic heterocycles. The molecular formula is C23H19F3N6O3. The molecule has 180 valence electrons. The fourth-order valence-electron chi connectivity index (χ4n) is 4.11. The van der Waals surface area contributed by atoms with Crippen LogP contribution in [-0.2, 0) is 16.5 Å². The van der Waals surface area contributed by atoms with Gasteiger partial charge in [0.1, 0.15) is 5.69 Å². The Morgan fingerprint density at radius 2 is 1.91 bits per heavy atom. The fraction of sp³-hybridized carbons (Fsp3) is 0.261. The normalized spacial score (nSPS) is 19.9. The number of rotatable bonds is 6. The predicted molar refractivity (Wildman–Crippen MR) is 116 cm³/mol. The van der Waals surface area contributed by atoms with E-state index in [4.69, 9.17) is 0 Å². The summed E-state index contributed by atoms with van der Waals surface area (Å²) in [7, 11) is 0. The molecule has 2 fully saturated rings. The van der Waals surface area contributed by atoms with Crippen molar-refractivity contribution in [2.45, 2.75) is 30.6 Å². The number of nitrogens with one attached hydrogen (secondary N) is 3. The van der Waals surface area contributed by atoms with E-state index in [1.165, 1.54) is 18.3 Å². The van der Waals surface area contributed by atoms with E-state index in [0.717, 1.165) is 25.1 Å². The number of hydrogen-bond donors (Lipinski definition) is 3. The van der Waals surface area contributed by atoms with Crippen molar-refractivity contribution >= 4 is 17.8 Å². The number of aromatic nitrogens is 3. The predicted octanol–water partition coefficient (Wildman–Crippen LogP) is 2.76. The van der Waals surface area contributed by atoms with E-state index in [1.807, 2.05) is 0 Å². The first-order valence-corrected chi connectivity index (χ1v) is 10.8. The maximum Gasteiger partial charge on any atom is 0.433 e. The van der Waals surface area contributed by atoms with Crippen LogP contribution in [0.3, 0.4) is 0 Å².